The van der Waals surface area contributed by atoms with Gasteiger partial charge in [-0.3, -0.25) is 10.4 Å². The van der Waals surface area contributed by atoms with Gasteiger partial charge in [-0.2, -0.15) is 0 Å². The van der Waals surface area contributed by atoms with E-state index in [1.54, 1.807) is 0 Å². The molecule has 0 heterocycles. The molecule has 94 valence electrons. The molecule has 15 heavy (non-hydrogen) atoms. The molecule has 0 aliphatic heterocycles. The summed E-state index contributed by atoms with van der Waals surface area (Å²) >= 11 is 4.49. The summed E-state index contributed by atoms with van der Waals surface area (Å²) in [6.07, 6.45) is 0. The molecular weight excluding hydrogens is 239 g/mol. The molecule has 5 nitrogen and oxygen atoms in total. The van der Waals surface area contributed by atoms with Gasteiger partial charge in [0.05, 0.1) is 18.5 Å². The van der Waals surface area contributed by atoms with Crippen LogP contribution in [0.5, 0.6) is 0 Å². The van der Waals surface area contributed by atoms with Gasteiger partial charge in [-0.15, -0.1) is 0 Å². The van der Waals surface area contributed by atoms with Gasteiger partial charge in [-0.05, 0) is 27.7 Å². The van der Waals surface area contributed by atoms with Gasteiger partial charge in [0, 0.05) is 18.6 Å². The quantitative estimate of drug-likeness (QED) is 0.652. The molecule has 0 amide bonds. The Morgan fingerprint density at radius 3 is 1.73 bits per heavy atom. The lowest BCUT2D eigenvalue weighted by atomic mass is 10.2. The zero-order chi connectivity index (χ0) is 12.4. The summed E-state index contributed by atoms with van der Waals surface area (Å²) in [5, 5.41) is 8.69. The minimum absolute atomic E-state index is 0.260. The number of hydrogen-bond acceptors (Lipinski definition) is 5. The predicted octanol–water partition coefficient (Wildman–Crippen LogP) is 1.43. The first-order valence-corrected chi connectivity index (χ1v) is 6.34. The normalized spacial score (nSPS) is 13.0. The van der Waals surface area contributed by atoms with E-state index >= 15 is 0 Å². The van der Waals surface area contributed by atoms with Crippen molar-refractivity contribution in [2.75, 3.05) is 13.2 Å². The third-order valence-corrected chi connectivity index (χ3v) is 2.32. The van der Waals surface area contributed by atoms with Crippen LogP contribution in [0.4, 0.5) is 0 Å². The van der Waals surface area contributed by atoms with Gasteiger partial charge >= 0.3 is 0 Å². The van der Waals surface area contributed by atoms with Crippen LogP contribution in [0.2, 0.25) is 0 Å². The van der Waals surface area contributed by atoms with Crippen LogP contribution in [-0.4, -0.2) is 40.1 Å². The molecule has 0 saturated heterocycles. The number of hydrogen-bond donors (Lipinski definition) is 3. The Balaban J connectivity index is 0. The van der Waals surface area contributed by atoms with Crippen LogP contribution < -0.4 is 5.50 Å². The average Bonchev–Trinajstić information content (AvgIpc) is 2.14. The van der Waals surface area contributed by atoms with Crippen molar-refractivity contribution in [1.82, 2.24) is 4.90 Å². The summed E-state index contributed by atoms with van der Waals surface area (Å²) < 4.78 is 3.62. The second-order valence-electron chi connectivity index (χ2n) is 3.52. The molecule has 1 atom stereocenters. The Morgan fingerprint density at radius 1 is 1.33 bits per heavy atom. The number of aliphatic hydroxyl groups excluding tert-OH is 1. The Kier molecular flexibility index (Phi) is 13.1. The molecule has 0 saturated carbocycles. The average molecular weight is 261 g/mol. The number of aliphatic hydroxyl groups is 1. The summed E-state index contributed by atoms with van der Waals surface area (Å²) in [7, 11) is -1.83. The van der Waals surface area contributed by atoms with Gasteiger partial charge in [0.2, 0.25) is 0 Å². The van der Waals surface area contributed by atoms with E-state index in [-0.39, 0.29) is 6.61 Å². The first kappa shape index (κ1) is 17.9. The molecule has 0 radical (unpaired) electrons. The molecule has 1 unspecified atom stereocenters. The van der Waals surface area contributed by atoms with E-state index in [9.17, 15) is 0 Å². The molecule has 0 aliphatic rings. The standard InChI is InChI=1S/C8H19NO.ClH3NO2P/c1-7(2)9(5-6-10)8(3)4;1-4-5(2)3/h7-8,10H,5-6H2,1-4H3;3H,2H2. The molecule has 0 aromatic heterocycles. The van der Waals surface area contributed by atoms with Gasteiger partial charge in [0.1, 0.15) is 0 Å². The zero-order valence-electron chi connectivity index (χ0n) is 9.72. The van der Waals surface area contributed by atoms with Gasteiger partial charge in [-0.1, -0.05) is 0 Å². The van der Waals surface area contributed by atoms with Gasteiger partial charge in [0.15, 0.2) is 0 Å². The van der Waals surface area contributed by atoms with Crippen molar-refractivity contribution in [2.24, 2.45) is 5.50 Å². The van der Waals surface area contributed by atoms with Gasteiger partial charge in [0.25, 0.3) is 8.53 Å². The van der Waals surface area contributed by atoms with Crippen LogP contribution in [0.15, 0.2) is 0 Å². The lowest BCUT2D eigenvalue weighted by molar-refractivity contribution is 0.134. The first-order valence-electron chi connectivity index (χ1n) is 4.75. The van der Waals surface area contributed by atoms with Crippen LogP contribution in [0.3, 0.4) is 0 Å². The maximum absolute atomic E-state index is 8.69. The smallest absolute Gasteiger partial charge is 0.268 e. The van der Waals surface area contributed by atoms with Crippen LogP contribution in [-0.2, 0) is 4.08 Å². The summed E-state index contributed by atoms with van der Waals surface area (Å²) in [5.74, 6) is 0. The summed E-state index contributed by atoms with van der Waals surface area (Å²) in [4.78, 5) is 10.1. The van der Waals surface area contributed by atoms with E-state index in [0.717, 1.165) is 6.54 Å². The molecule has 0 rings (SSSR count). The van der Waals surface area contributed by atoms with E-state index in [0.29, 0.717) is 12.1 Å². The number of nitrogens with zero attached hydrogens (tertiary/aromatic N) is 1. The Morgan fingerprint density at radius 2 is 1.67 bits per heavy atom. The van der Waals surface area contributed by atoms with Crippen LogP contribution in [0, 0.1) is 0 Å². The Bertz CT molecular complexity index is 131. The molecular formula is C8H22ClN2O3P. The molecule has 0 aromatic rings. The largest absolute Gasteiger partial charge is 0.395 e. The summed E-state index contributed by atoms with van der Waals surface area (Å²) in [5.41, 5.74) is 4.56. The number of nitrogens with two attached hydrogens (primary N) is 1. The molecule has 0 aromatic carbocycles. The van der Waals surface area contributed by atoms with Crippen molar-refractivity contribution < 1.29 is 14.1 Å². The molecule has 4 N–H and O–H groups in total. The highest BCUT2D eigenvalue weighted by Crippen LogP contribution is 2.20. The maximum Gasteiger partial charge on any atom is 0.268 e. The highest BCUT2D eigenvalue weighted by molar-refractivity contribution is 7.44. The van der Waals surface area contributed by atoms with Crippen molar-refractivity contribution in [3.05, 3.63) is 0 Å². The van der Waals surface area contributed by atoms with Crippen LogP contribution in [0.1, 0.15) is 27.7 Å². The fraction of sp³-hybridized carbons (Fsp3) is 1.00. The van der Waals surface area contributed by atoms with Crippen LogP contribution >= 0.6 is 20.4 Å². The van der Waals surface area contributed by atoms with Gasteiger partial charge in [-0.25, -0.2) is 4.08 Å². The fourth-order valence-electron chi connectivity index (χ4n) is 1.23. The molecule has 7 heteroatoms. The molecule has 0 spiro atoms. The Labute approximate surface area is 98.3 Å². The van der Waals surface area contributed by atoms with E-state index in [4.69, 9.17) is 10.00 Å². The fourth-order valence-corrected chi connectivity index (χ4v) is 1.23. The lowest BCUT2D eigenvalue weighted by Crippen LogP contribution is -2.38. The SMILES string of the molecule is CC(C)N(CCO)C(C)C.NP(O)OCl. The molecule has 0 fully saturated rings. The number of halogens is 1. The van der Waals surface area contributed by atoms with Crippen molar-refractivity contribution in [3.63, 3.8) is 0 Å². The second kappa shape index (κ2) is 11.0. The number of rotatable bonds is 5. The minimum atomic E-state index is -1.83. The topological polar surface area (TPSA) is 79.0 Å². The van der Waals surface area contributed by atoms with Crippen molar-refractivity contribution in [3.8, 4) is 0 Å². The third-order valence-electron chi connectivity index (χ3n) is 1.76. The maximum atomic E-state index is 8.69. The highest BCUT2D eigenvalue weighted by Gasteiger charge is 2.11. The van der Waals surface area contributed by atoms with Gasteiger partial charge < -0.3 is 10.00 Å². The summed E-state index contributed by atoms with van der Waals surface area (Å²) in [6, 6.07) is 1.07. The van der Waals surface area contributed by atoms with Crippen molar-refractivity contribution >= 4 is 20.4 Å². The third kappa shape index (κ3) is 12.5. The minimum Gasteiger partial charge on any atom is -0.395 e. The monoisotopic (exact) mass is 260 g/mol. The second-order valence-corrected chi connectivity index (χ2v) is 4.68. The van der Waals surface area contributed by atoms with Crippen molar-refractivity contribution in [2.45, 2.75) is 39.8 Å². The zero-order valence-corrected chi connectivity index (χ0v) is 11.4. The van der Waals surface area contributed by atoms with Crippen molar-refractivity contribution in [1.29, 1.82) is 0 Å². The predicted molar refractivity (Wildman–Crippen MR) is 64.3 cm³/mol. The first-order chi connectivity index (χ1) is 6.86. The highest BCUT2D eigenvalue weighted by atomic mass is 35.5. The Hall–Kier alpha value is 0.520. The van der Waals surface area contributed by atoms with Crippen LogP contribution in [0.25, 0.3) is 0 Å². The van der Waals surface area contributed by atoms with E-state index in [2.05, 4.69) is 54.0 Å². The van der Waals surface area contributed by atoms with E-state index in [1.165, 1.54) is 0 Å². The van der Waals surface area contributed by atoms with E-state index in [1.807, 2.05) is 0 Å². The molecule has 0 aliphatic carbocycles. The molecule has 0 bridgehead atoms. The lowest BCUT2D eigenvalue weighted by Gasteiger charge is -2.29. The van der Waals surface area contributed by atoms with E-state index < -0.39 is 8.53 Å². The summed E-state index contributed by atoms with van der Waals surface area (Å²) in [6.45, 7) is 9.64.